The Kier molecular flexibility index (Phi) is 10.4. The number of ether oxygens (including phenoxy) is 1. The van der Waals surface area contributed by atoms with Crippen molar-refractivity contribution in [1.29, 1.82) is 5.26 Å². The predicted molar refractivity (Wildman–Crippen MR) is 113 cm³/mol. The summed E-state index contributed by atoms with van der Waals surface area (Å²) in [4.78, 5) is 0.949. The van der Waals surface area contributed by atoms with E-state index in [-0.39, 0.29) is 5.75 Å². The van der Waals surface area contributed by atoms with Crippen LogP contribution < -0.4 is 15.8 Å². The summed E-state index contributed by atoms with van der Waals surface area (Å²) in [6.07, 6.45) is 9.63. The third-order valence-corrected chi connectivity index (χ3v) is 4.76. The minimum Gasteiger partial charge on any atom is -0.435 e. The highest BCUT2D eigenvalue weighted by Gasteiger charge is 2.15. The molecule has 1 heterocycles. The molecule has 0 atom stereocenters. The minimum absolute atomic E-state index is 0.0776. The van der Waals surface area contributed by atoms with Gasteiger partial charge in [-0.25, -0.2) is 0 Å². The van der Waals surface area contributed by atoms with E-state index in [1.807, 2.05) is 45.1 Å². The molecular formula is C21H25F2N3OS. The molecule has 0 bridgehead atoms. The van der Waals surface area contributed by atoms with Crippen LogP contribution in [-0.4, -0.2) is 6.61 Å². The molecule has 28 heavy (non-hydrogen) atoms. The Balaban J connectivity index is 0.000000892. The molecule has 0 unspecified atom stereocenters. The zero-order chi connectivity index (χ0) is 20.9. The maximum absolute atomic E-state index is 12.2. The normalized spacial score (nSPS) is 10.8. The molecule has 0 aliphatic carbocycles. The number of rotatable bonds is 7. The van der Waals surface area contributed by atoms with E-state index in [0.717, 1.165) is 17.7 Å². The van der Waals surface area contributed by atoms with Crippen molar-refractivity contribution in [1.82, 2.24) is 0 Å². The monoisotopic (exact) mass is 405 g/mol. The number of thiophene rings is 1. The van der Waals surface area contributed by atoms with Gasteiger partial charge in [0.15, 0.2) is 0 Å². The van der Waals surface area contributed by atoms with Gasteiger partial charge in [-0.15, -0.1) is 11.3 Å². The average molecular weight is 406 g/mol. The molecule has 0 aliphatic heterocycles. The number of hydrogen-bond acceptors (Lipinski definition) is 5. The van der Waals surface area contributed by atoms with Crippen molar-refractivity contribution in [2.24, 2.45) is 0 Å². The molecule has 0 spiro atoms. The number of halogens is 2. The van der Waals surface area contributed by atoms with Crippen molar-refractivity contribution >= 4 is 27.7 Å². The number of benzene rings is 1. The first kappa shape index (κ1) is 23.2. The largest absolute Gasteiger partial charge is 0.435 e. The number of anilines is 3. The summed E-state index contributed by atoms with van der Waals surface area (Å²) in [5.41, 5.74) is 7.61. The van der Waals surface area contributed by atoms with Crippen molar-refractivity contribution in [3.05, 3.63) is 59.0 Å². The third kappa shape index (κ3) is 7.41. The molecule has 3 N–H and O–H groups in total. The second-order valence-electron chi connectivity index (χ2n) is 5.56. The van der Waals surface area contributed by atoms with Gasteiger partial charge in [-0.1, -0.05) is 24.3 Å². The van der Waals surface area contributed by atoms with E-state index in [1.54, 1.807) is 12.1 Å². The zero-order valence-electron chi connectivity index (χ0n) is 16.2. The number of nitrogens with one attached hydrogen (secondary N) is 1. The Morgan fingerprint density at radius 3 is 2.32 bits per heavy atom. The molecule has 7 heteroatoms. The van der Waals surface area contributed by atoms with Gasteiger partial charge in [-0.3, -0.25) is 0 Å². The van der Waals surface area contributed by atoms with Gasteiger partial charge in [0.05, 0.1) is 5.69 Å². The summed E-state index contributed by atoms with van der Waals surface area (Å²) >= 11 is 1.43. The fourth-order valence-corrected chi connectivity index (χ4v) is 3.21. The van der Waals surface area contributed by atoms with Gasteiger partial charge in [0.1, 0.15) is 22.4 Å². The van der Waals surface area contributed by atoms with E-state index < -0.39 is 6.61 Å². The lowest BCUT2D eigenvalue weighted by molar-refractivity contribution is -0.0498. The highest BCUT2D eigenvalue weighted by atomic mass is 32.1. The average Bonchev–Trinajstić information content (AvgIpc) is 2.98. The van der Waals surface area contributed by atoms with Crippen LogP contribution >= 0.6 is 11.3 Å². The summed E-state index contributed by atoms with van der Waals surface area (Å²) in [6.45, 7) is 3.10. The summed E-state index contributed by atoms with van der Waals surface area (Å²) in [5, 5.41) is 13.1. The lowest BCUT2D eigenvalue weighted by atomic mass is 10.2. The van der Waals surface area contributed by atoms with Gasteiger partial charge in [0.25, 0.3) is 0 Å². The van der Waals surface area contributed by atoms with Crippen molar-refractivity contribution in [2.45, 2.75) is 40.2 Å². The fourth-order valence-electron chi connectivity index (χ4n) is 2.11. The van der Waals surface area contributed by atoms with Crippen molar-refractivity contribution in [2.75, 3.05) is 11.1 Å². The van der Waals surface area contributed by atoms with E-state index in [4.69, 9.17) is 5.73 Å². The third-order valence-electron chi connectivity index (χ3n) is 3.58. The van der Waals surface area contributed by atoms with Crippen LogP contribution in [0.25, 0.3) is 0 Å². The van der Waals surface area contributed by atoms with Crippen LogP contribution in [0.5, 0.6) is 5.75 Å². The Morgan fingerprint density at radius 2 is 1.82 bits per heavy atom. The maximum Gasteiger partial charge on any atom is 0.387 e. The second kappa shape index (κ2) is 12.5. The summed E-state index contributed by atoms with van der Waals surface area (Å²) in [5.74, 6) is 0.0776. The van der Waals surface area contributed by atoms with Crippen LogP contribution in [0.2, 0.25) is 0 Å². The van der Waals surface area contributed by atoms with Gasteiger partial charge in [0.2, 0.25) is 0 Å². The number of nitriles is 1. The van der Waals surface area contributed by atoms with E-state index in [1.165, 1.54) is 23.5 Å². The number of hydrogen-bond donors (Lipinski definition) is 2. The maximum atomic E-state index is 12.2. The number of alkyl halides is 2. The topological polar surface area (TPSA) is 71.1 Å². The van der Waals surface area contributed by atoms with Gasteiger partial charge < -0.3 is 15.8 Å². The van der Waals surface area contributed by atoms with E-state index in [2.05, 4.69) is 16.1 Å². The summed E-state index contributed by atoms with van der Waals surface area (Å²) < 4.78 is 28.6. The standard InChI is InChI=1S/C17H17F2N3OS.C4H8/c1-2-3-4-5-14-15(21)13(10-20)16(24-14)22-11-6-8-12(9-7-11)23-17(18)19;1-3-4-2/h2-3,6-9,17,22H,4-5,21H2,1H3;3-4H,1-2H3/b3-2-;4-3-. The second-order valence-corrected chi connectivity index (χ2v) is 6.66. The molecule has 0 saturated carbocycles. The zero-order valence-corrected chi connectivity index (χ0v) is 17.0. The highest BCUT2D eigenvalue weighted by molar-refractivity contribution is 7.17. The Labute approximate surface area is 168 Å². The van der Waals surface area contributed by atoms with Crippen LogP contribution in [0.1, 0.15) is 37.6 Å². The lowest BCUT2D eigenvalue weighted by Crippen LogP contribution is -2.01. The van der Waals surface area contributed by atoms with Gasteiger partial charge in [0, 0.05) is 10.6 Å². The van der Waals surface area contributed by atoms with Crippen LogP contribution in [0.15, 0.2) is 48.6 Å². The SMILES string of the molecule is C/C=C\C.C/C=C\CCc1sc(Nc2ccc(OC(F)F)cc2)c(C#N)c1N. The van der Waals surface area contributed by atoms with Crippen molar-refractivity contribution in [3.8, 4) is 11.8 Å². The molecule has 150 valence electrons. The first-order chi connectivity index (χ1) is 13.5. The Bertz CT molecular complexity index is 817. The van der Waals surface area contributed by atoms with Crippen LogP contribution in [-0.2, 0) is 6.42 Å². The predicted octanol–water partition coefficient (Wildman–Crippen LogP) is 6.64. The first-order valence-electron chi connectivity index (χ1n) is 8.78. The quantitative estimate of drug-likeness (QED) is 0.507. The lowest BCUT2D eigenvalue weighted by Gasteiger charge is -2.07. The van der Waals surface area contributed by atoms with Crippen LogP contribution in [0, 0.1) is 11.3 Å². The summed E-state index contributed by atoms with van der Waals surface area (Å²) in [6, 6.07) is 8.19. The smallest absolute Gasteiger partial charge is 0.387 e. The molecule has 0 radical (unpaired) electrons. The van der Waals surface area contributed by atoms with E-state index in [0.29, 0.717) is 21.9 Å². The molecule has 1 aromatic heterocycles. The number of nitrogens with two attached hydrogens (primary N) is 1. The number of aryl methyl sites for hydroxylation is 1. The fraction of sp³-hybridized carbons (Fsp3) is 0.286. The Morgan fingerprint density at radius 1 is 1.18 bits per heavy atom. The van der Waals surface area contributed by atoms with Crippen LogP contribution in [0.3, 0.4) is 0 Å². The molecule has 0 fully saturated rings. The van der Waals surface area contributed by atoms with Gasteiger partial charge in [-0.2, -0.15) is 14.0 Å². The summed E-state index contributed by atoms with van der Waals surface area (Å²) in [7, 11) is 0. The number of allylic oxidation sites excluding steroid dienone is 4. The first-order valence-corrected chi connectivity index (χ1v) is 9.60. The molecular weight excluding hydrogens is 380 g/mol. The van der Waals surface area contributed by atoms with Gasteiger partial charge in [-0.05, 0) is 57.9 Å². The van der Waals surface area contributed by atoms with Crippen molar-refractivity contribution < 1.29 is 13.5 Å². The van der Waals surface area contributed by atoms with Crippen molar-refractivity contribution in [3.63, 3.8) is 0 Å². The number of nitrogens with zero attached hydrogens (tertiary/aromatic N) is 1. The van der Waals surface area contributed by atoms with E-state index >= 15 is 0 Å². The molecule has 0 aliphatic rings. The molecule has 2 aromatic rings. The van der Waals surface area contributed by atoms with Gasteiger partial charge >= 0.3 is 6.61 Å². The molecule has 2 rings (SSSR count). The van der Waals surface area contributed by atoms with E-state index in [9.17, 15) is 14.0 Å². The molecule has 0 saturated heterocycles. The molecule has 1 aromatic carbocycles. The highest BCUT2D eigenvalue weighted by Crippen LogP contribution is 2.38. The molecule has 0 amide bonds. The number of nitrogen functional groups attached to an aromatic ring is 1. The minimum atomic E-state index is -2.86. The van der Waals surface area contributed by atoms with Crippen LogP contribution in [0.4, 0.5) is 25.2 Å². The molecule has 4 nitrogen and oxygen atoms in total. The Hall–Kier alpha value is -2.85.